The second kappa shape index (κ2) is 12.8. The van der Waals surface area contributed by atoms with E-state index in [0.29, 0.717) is 33.9 Å². The zero-order valence-electron chi connectivity index (χ0n) is 25.4. The fraction of sp³-hybridized carbons (Fsp3) is 0.294. The number of allylic oxidation sites excluding steroid dienone is 1. The molecule has 1 N–H and O–H groups in total. The number of rotatable bonds is 7. The van der Waals surface area contributed by atoms with Crippen molar-refractivity contribution in [2.75, 3.05) is 19.6 Å². The number of hydrogen-bond acceptors (Lipinski definition) is 4. The van der Waals surface area contributed by atoms with E-state index in [1.165, 1.54) is 35.2 Å². The van der Waals surface area contributed by atoms with Crippen molar-refractivity contribution in [2.45, 2.75) is 45.5 Å². The van der Waals surface area contributed by atoms with E-state index in [2.05, 4.69) is 11.7 Å². The second-order valence-corrected chi connectivity index (χ2v) is 11.3. The van der Waals surface area contributed by atoms with Crippen LogP contribution in [0.5, 0.6) is 0 Å². The molecule has 2 saturated heterocycles. The second-order valence-electron chi connectivity index (χ2n) is 11.3. The number of carbonyl (C=O) groups excluding carboxylic acids is 1. The molecule has 1 amide bonds. The normalized spacial score (nSPS) is 19.0. The molecule has 2 heterocycles. The van der Waals surface area contributed by atoms with E-state index in [4.69, 9.17) is 9.73 Å². The number of aromatic carboxylic acids is 1. The van der Waals surface area contributed by atoms with Crippen LogP contribution >= 0.6 is 0 Å². The predicted octanol–water partition coefficient (Wildman–Crippen LogP) is 7.59. The minimum Gasteiger partial charge on any atom is -0.478 e. The zero-order chi connectivity index (χ0) is 33.3. The number of carboxylic acid groups (broad SMARTS) is 1. The highest BCUT2D eigenvalue weighted by Crippen LogP contribution is 2.38. The maximum atomic E-state index is 15.2. The van der Waals surface area contributed by atoms with Gasteiger partial charge in [-0.1, -0.05) is 24.3 Å². The van der Waals surface area contributed by atoms with Gasteiger partial charge in [-0.05, 0) is 98.1 Å². The summed E-state index contributed by atoms with van der Waals surface area (Å²) in [4.78, 5) is 36.8. The van der Waals surface area contributed by atoms with Gasteiger partial charge in [-0.25, -0.2) is 24.0 Å². The van der Waals surface area contributed by atoms with Crippen LogP contribution in [0.4, 0.5) is 22.4 Å². The first kappa shape index (κ1) is 32.4. The van der Waals surface area contributed by atoms with Gasteiger partial charge in [0, 0.05) is 18.7 Å². The van der Waals surface area contributed by atoms with Crippen molar-refractivity contribution in [2.24, 2.45) is 9.98 Å². The average molecular weight is 637 g/mol. The van der Waals surface area contributed by atoms with Crippen LogP contribution in [0.15, 0.2) is 76.3 Å². The highest BCUT2D eigenvalue weighted by molar-refractivity contribution is 5.89. The number of likely N-dealkylation sites (tertiary alicyclic amines) is 1. The van der Waals surface area contributed by atoms with Crippen LogP contribution in [0.1, 0.15) is 59.0 Å². The summed E-state index contributed by atoms with van der Waals surface area (Å²) in [6.07, 6.45) is -5.29. The Morgan fingerprint density at radius 3 is 2.39 bits per heavy atom. The summed E-state index contributed by atoms with van der Waals surface area (Å²) in [5, 5.41) is 9.35. The van der Waals surface area contributed by atoms with Crippen molar-refractivity contribution < 1.29 is 37.0 Å². The molecule has 2 aliphatic rings. The lowest BCUT2D eigenvalue weighted by molar-refractivity contribution is -0.137. The van der Waals surface area contributed by atoms with Gasteiger partial charge in [-0.3, -0.25) is 4.90 Å². The molecule has 240 valence electrons. The third-order valence-electron chi connectivity index (χ3n) is 8.37. The maximum absolute atomic E-state index is 15.2. The summed E-state index contributed by atoms with van der Waals surface area (Å²) < 4.78 is 61.0. The van der Waals surface area contributed by atoms with E-state index in [9.17, 15) is 27.9 Å². The Hall–Kier alpha value is -5.00. The molecule has 0 saturated carbocycles. The zero-order valence-corrected chi connectivity index (χ0v) is 25.4. The van der Waals surface area contributed by atoms with Gasteiger partial charge < -0.3 is 14.7 Å². The van der Waals surface area contributed by atoms with Crippen molar-refractivity contribution in [1.29, 1.82) is 0 Å². The highest BCUT2D eigenvalue weighted by Gasteiger charge is 2.41. The van der Waals surface area contributed by atoms with E-state index in [1.807, 2.05) is 4.90 Å². The molecule has 2 atom stereocenters. The van der Waals surface area contributed by atoms with E-state index < -0.39 is 41.8 Å². The van der Waals surface area contributed by atoms with E-state index >= 15 is 4.39 Å². The molecule has 0 spiro atoms. The Morgan fingerprint density at radius 1 is 1.07 bits per heavy atom. The summed E-state index contributed by atoms with van der Waals surface area (Å²) in [6.45, 7) is 10.2. The fourth-order valence-corrected chi connectivity index (χ4v) is 5.52. The third kappa shape index (κ3) is 6.51. The highest BCUT2D eigenvalue weighted by atomic mass is 19.4. The number of hydrogen-bond donors (Lipinski definition) is 1. The molecule has 0 radical (unpaired) electrons. The number of aliphatic imine (C=N–C) groups is 2. The number of alkyl halides is 3. The quantitative estimate of drug-likeness (QED) is 0.164. The van der Waals surface area contributed by atoms with E-state index in [0.717, 1.165) is 31.6 Å². The molecule has 0 unspecified atom stereocenters. The lowest BCUT2D eigenvalue weighted by Gasteiger charge is -2.32. The molecular formula is C34H32F4N4O4. The van der Waals surface area contributed by atoms with Gasteiger partial charge in [0.2, 0.25) is 5.96 Å². The van der Waals surface area contributed by atoms with E-state index in [1.54, 1.807) is 39.0 Å². The van der Waals surface area contributed by atoms with Crippen molar-refractivity contribution in [1.82, 2.24) is 9.80 Å². The van der Waals surface area contributed by atoms with Gasteiger partial charge in [-0.2, -0.15) is 13.2 Å². The van der Waals surface area contributed by atoms with Crippen LogP contribution < -0.4 is 0 Å². The van der Waals surface area contributed by atoms with Gasteiger partial charge >= 0.3 is 18.2 Å². The molecule has 0 aliphatic carbocycles. The number of amides is 1. The van der Waals surface area contributed by atoms with Gasteiger partial charge in [0.05, 0.1) is 29.4 Å². The Balaban J connectivity index is 1.54. The SMILES string of the molecule is C=NC(=N/C(CN1C(=O)O[C@H](c2cccc(C(F)(F)F)c2)[C@@H]1C)=C(\C)c1ccc(F)c(-c2ccc(C(=O)O)cc2C)c1)N1CCC1. The van der Waals surface area contributed by atoms with E-state index in [-0.39, 0.29) is 23.2 Å². The summed E-state index contributed by atoms with van der Waals surface area (Å²) in [6, 6.07) is 13.0. The standard InChI is InChI=1S/C34H32F4N4O4/c1-19-15-24(31(43)44)9-11-26(19)27-17-22(10-12-28(27)35)20(2)29(40-32(39-4)41-13-6-14-41)18-42-21(3)30(46-33(42)45)23-7-5-8-25(16-23)34(36,37)38/h5,7-12,15-17,21,30H,4,6,13-14,18H2,1-3H3,(H,43,44)/b29-20+,40-32?/t21-,30-/m0/s1. The number of cyclic esters (lactones) is 1. The van der Waals surface area contributed by atoms with Crippen LogP contribution in [0.25, 0.3) is 16.7 Å². The maximum Gasteiger partial charge on any atom is 0.416 e. The molecule has 3 aromatic rings. The van der Waals surface area contributed by atoms with Gasteiger partial charge in [0.1, 0.15) is 11.9 Å². The number of aryl methyl sites for hydroxylation is 1. The molecular weight excluding hydrogens is 604 g/mol. The molecule has 0 bridgehead atoms. The monoisotopic (exact) mass is 636 g/mol. The number of benzene rings is 3. The largest absolute Gasteiger partial charge is 0.478 e. The van der Waals surface area contributed by atoms with Crippen molar-refractivity contribution in [3.05, 3.63) is 100.0 Å². The Labute approximate surface area is 263 Å². The smallest absolute Gasteiger partial charge is 0.416 e. The number of guanidine groups is 1. The topological polar surface area (TPSA) is 94.8 Å². The lowest BCUT2D eigenvalue weighted by Crippen LogP contribution is -2.41. The summed E-state index contributed by atoms with van der Waals surface area (Å²) in [7, 11) is 0. The van der Waals surface area contributed by atoms with Crippen molar-refractivity contribution in [3.8, 4) is 11.1 Å². The lowest BCUT2D eigenvalue weighted by atomic mass is 9.94. The number of carbonyl (C=O) groups is 2. The predicted molar refractivity (Wildman–Crippen MR) is 166 cm³/mol. The van der Waals surface area contributed by atoms with Crippen LogP contribution in [-0.4, -0.2) is 65.3 Å². The van der Waals surface area contributed by atoms with Crippen LogP contribution in [-0.2, 0) is 10.9 Å². The van der Waals surface area contributed by atoms with Crippen LogP contribution in [0.3, 0.4) is 0 Å². The summed E-state index contributed by atoms with van der Waals surface area (Å²) >= 11 is 0. The number of halogens is 4. The Bertz CT molecular complexity index is 1760. The molecule has 46 heavy (non-hydrogen) atoms. The van der Waals surface area contributed by atoms with Gasteiger partial charge in [0.15, 0.2) is 0 Å². The van der Waals surface area contributed by atoms with Crippen molar-refractivity contribution >= 4 is 30.3 Å². The average Bonchev–Trinajstić information content (AvgIpc) is 3.27. The van der Waals surface area contributed by atoms with Crippen LogP contribution in [0.2, 0.25) is 0 Å². The molecule has 2 fully saturated rings. The molecule has 8 nitrogen and oxygen atoms in total. The first-order valence-electron chi connectivity index (χ1n) is 14.6. The van der Waals surface area contributed by atoms with Gasteiger partial charge in [0.25, 0.3) is 0 Å². The van der Waals surface area contributed by atoms with Gasteiger partial charge in [-0.15, -0.1) is 0 Å². The minimum absolute atomic E-state index is 0.0762. The number of carboxylic acids is 1. The minimum atomic E-state index is -4.56. The van der Waals surface area contributed by atoms with Crippen molar-refractivity contribution in [3.63, 3.8) is 0 Å². The Kier molecular flexibility index (Phi) is 9.00. The Morgan fingerprint density at radius 2 is 1.78 bits per heavy atom. The third-order valence-corrected chi connectivity index (χ3v) is 8.37. The first-order valence-corrected chi connectivity index (χ1v) is 14.6. The fourth-order valence-electron chi connectivity index (χ4n) is 5.52. The summed E-state index contributed by atoms with van der Waals surface area (Å²) in [5.74, 6) is -1.26. The molecule has 12 heteroatoms. The summed E-state index contributed by atoms with van der Waals surface area (Å²) in [5.41, 5.74) is 2.35. The van der Waals surface area contributed by atoms with Crippen LogP contribution in [0, 0.1) is 12.7 Å². The molecule has 3 aromatic carbocycles. The number of nitrogens with zero attached hydrogens (tertiary/aromatic N) is 4. The molecule has 5 rings (SSSR count). The number of ether oxygens (including phenoxy) is 1. The first-order chi connectivity index (χ1) is 21.8. The molecule has 2 aliphatic heterocycles. The molecule has 0 aromatic heterocycles.